The number of halogens is 1. The molecule has 8 heteroatoms. The molecule has 0 aromatic heterocycles. The SMILES string of the molecule is CCN=C(NC1C2CCOC2C1(C)C)N1CCN(Cc2cc(OC)ccc2OC)CC1.I. The molecule has 1 N–H and O–H groups in total. The number of rotatable bonds is 6. The smallest absolute Gasteiger partial charge is 0.194 e. The molecule has 0 bridgehead atoms. The molecular weight excluding hydrogens is 519 g/mol. The zero-order valence-corrected chi connectivity index (χ0v) is 22.4. The van der Waals surface area contributed by atoms with Gasteiger partial charge in [0.1, 0.15) is 11.5 Å². The summed E-state index contributed by atoms with van der Waals surface area (Å²) in [5.74, 6) is 3.45. The van der Waals surface area contributed by atoms with Crippen molar-refractivity contribution in [2.45, 2.75) is 45.9 Å². The first kappa shape index (κ1) is 25.4. The van der Waals surface area contributed by atoms with Crippen LogP contribution in [-0.4, -0.2) is 81.5 Å². The summed E-state index contributed by atoms with van der Waals surface area (Å²) in [4.78, 5) is 9.74. The number of benzene rings is 1. The van der Waals surface area contributed by atoms with E-state index in [-0.39, 0.29) is 29.4 Å². The Hall–Kier alpha value is -1.26. The Morgan fingerprint density at radius 3 is 2.59 bits per heavy atom. The first-order valence-electron chi connectivity index (χ1n) is 11.6. The maximum Gasteiger partial charge on any atom is 0.194 e. The van der Waals surface area contributed by atoms with Crippen LogP contribution < -0.4 is 14.8 Å². The normalized spacial score (nSPS) is 27.2. The summed E-state index contributed by atoms with van der Waals surface area (Å²) in [6, 6.07) is 6.45. The van der Waals surface area contributed by atoms with Crippen LogP contribution in [-0.2, 0) is 11.3 Å². The Morgan fingerprint density at radius 1 is 1.19 bits per heavy atom. The highest BCUT2D eigenvalue weighted by Gasteiger charge is 2.59. The number of guanidine groups is 1. The maximum absolute atomic E-state index is 5.97. The van der Waals surface area contributed by atoms with Gasteiger partial charge in [0.05, 0.1) is 20.3 Å². The van der Waals surface area contributed by atoms with E-state index in [9.17, 15) is 0 Å². The van der Waals surface area contributed by atoms with Crippen LogP contribution in [0.4, 0.5) is 0 Å². The molecule has 7 nitrogen and oxygen atoms in total. The van der Waals surface area contributed by atoms with E-state index < -0.39 is 0 Å². The van der Waals surface area contributed by atoms with Crippen LogP contribution in [0.25, 0.3) is 0 Å². The second-order valence-electron chi connectivity index (χ2n) is 9.43. The quantitative estimate of drug-likeness (QED) is 0.329. The summed E-state index contributed by atoms with van der Waals surface area (Å²) in [6.07, 6.45) is 1.55. The van der Waals surface area contributed by atoms with Gasteiger partial charge >= 0.3 is 0 Å². The average molecular weight is 559 g/mol. The molecular formula is C24H39IN4O3. The first-order valence-corrected chi connectivity index (χ1v) is 11.6. The summed E-state index contributed by atoms with van der Waals surface area (Å²) >= 11 is 0. The number of aliphatic imine (C=N–C) groups is 1. The Bertz CT molecular complexity index is 795. The summed E-state index contributed by atoms with van der Waals surface area (Å²) in [5, 5.41) is 3.82. The van der Waals surface area contributed by atoms with E-state index in [2.05, 4.69) is 42.0 Å². The van der Waals surface area contributed by atoms with Gasteiger partial charge in [-0.05, 0) is 31.5 Å². The lowest BCUT2D eigenvalue weighted by Gasteiger charge is -2.55. The number of piperazine rings is 1. The molecule has 2 saturated heterocycles. The van der Waals surface area contributed by atoms with Crippen LogP contribution >= 0.6 is 24.0 Å². The highest BCUT2D eigenvalue weighted by atomic mass is 127. The molecule has 3 fully saturated rings. The minimum Gasteiger partial charge on any atom is -0.497 e. The lowest BCUT2D eigenvalue weighted by molar-refractivity contribution is -0.107. The molecule has 1 aliphatic carbocycles. The van der Waals surface area contributed by atoms with E-state index in [0.29, 0.717) is 18.1 Å². The third-order valence-corrected chi connectivity index (χ3v) is 7.25. The zero-order valence-electron chi connectivity index (χ0n) is 20.1. The van der Waals surface area contributed by atoms with Gasteiger partial charge in [-0.15, -0.1) is 24.0 Å². The lowest BCUT2D eigenvalue weighted by atomic mass is 9.57. The van der Waals surface area contributed by atoms with Crippen molar-refractivity contribution in [3.05, 3.63) is 23.8 Å². The van der Waals surface area contributed by atoms with Gasteiger partial charge in [-0.2, -0.15) is 0 Å². The van der Waals surface area contributed by atoms with E-state index in [1.807, 2.05) is 12.1 Å². The number of nitrogens with one attached hydrogen (secondary N) is 1. The molecule has 1 saturated carbocycles. The van der Waals surface area contributed by atoms with Gasteiger partial charge < -0.3 is 24.4 Å². The molecule has 1 aromatic carbocycles. The van der Waals surface area contributed by atoms with Crippen LogP contribution in [0.1, 0.15) is 32.8 Å². The molecule has 2 heterocycles. The van der Waals surface area contributed by atoms with Gasteiger partial charge in [0, 0.05) is 68.8 Å². The van der Waals surface area contributed by atoms with Crippen molar-refractivity contribution in [1.82, 2.24) is 15.1 Å². The number of fused-ring (bicyclic) bond motifs is 1. The van der Waals surface area contributed by atoms with Gasteiger partial charge in [0.2, 0.25) is 0 Å². The van der Waals surface area contributed by atoms with Crippen molar-refractivity contribution >= 4 is 29.9 Å². The Labute approximate surface area is 209 Å². The Kier molecular flexibility index (Phi) is 8.54. The highest BCUT2D eigenvalue weighted by Crippen LogP contribution is 2.52. The van der Waals surface area contributed by atoms with Crippen LogP contribution in [0.15, 0.2) is 23.2 Å². The van der Waals surface area contributed by atoms with Gasteiger partial charge in [-0.3, -0.25) is 9.89 Å². The minimum atomic E-state index is 0. The number of nitrogens with zero attached hydrogens (tertiary/aromatic N) is 3. The van der Waals surface area contributed by atoms with Crippen molar-refractivity contribution in [3.8, 4) is 11.5 Å². The lowest BCUT2D eigenvalue weighted by Crippen LogP contribution is -2.68. The van der Waals surface area contributed by atoms with E-state index in [1.54, 1.807) is 14.2 Å². The number of hydrogen-bond donors (Lipinski definition) is 1. The van der Waals surface area contributed by atoms with Crippen molar-refractivity contribution < 1.29 is 14.2 Å². The van der Waals surface area contributed by atoms with Crippen molar-refractivity contribution in [2.24, 2.45) is 16.3 Å². The molecule has 0 spiro atoms. The molecule has 2 aliphatic heterocycles. The number of hydrogen-bond acceptors (Lipinski definition) is 5. The number of methoxy groups -OCH3 is 2. The summed E-state index contributed by atoms with van der Waals surface area (Å²) in [6.45, 7) is 13.2. The molecule has 3 aliphatic rings. The van der Waals surface area contributed by atoms with Crippen molar-refractivity contribution in [1.29, 1.82) is 0 Å². The monoisotopic (exact) mass is 558 g/mol. The molecule has 180 valence electrons. The summed E-state index contributed by atoms with van der Waals surface area (Å²) in [5.41, 5.74) is 1.32. The molecule has 1 aromatic rings. The van der Waals surface area contributed by atoms with Gasteiger partial charge in [-0.25, -0.2) is 0 Å². The summed E-state index contributed by atoms with van der Waals surface area (Å²) in [7, 11) is 3.43. The largest absolute Gasteiger partial charge is 0.497 e. The fourth-order valence-electron chi connectivity index (χ4n) is 5.51. The van der Waals surface area contributed by atoms with E-state index in [0.717, 1.165) is 69.8 Å². The molecule has 3 atom stereocenters. The van der Waals surface area contributed by atoms with Crippen molar-refractivity contribution in [3.63, 3.8) is 0 Å². The Morgan fingerprint density at radius 2 is 1.94 bits per heavy atom. The zero-order chi connectivity index (χ0) is 22.0. The molecule has 4 rings (SSSR count). The fraction of sp³-hybridized carbons (Fsp3) is 0.708. The van der Waals surface area contributed by atoms with E-state index >= 15 is 0 Å². The molecule has 3 unspecified atom stereocenters. The van der Waals surface area contributed by atoms with Crippen LogP contribution in [0.2, 0.25) is 0 Å². The predicted molar refractivity (Wildman–Crippen MR) is 138 cm³/mol. The average Bonchev–Trinajstić information content (AvgIpc) is 3.24. The predicted octanol–water partition coefficient (Wildman–Crippen LogP) is 3.22. The highest BCUT2D eigenvalue weighted by molar-refractivity contribution is 14.0. The molecule has 0 amide bonds. The summed E-state index contributed by atoms with van der Waals surface area (Å²) < 4.78 is 16.9. The third-order valence-electron chi connectivity index (χ3n) is 7.25. The maximum atomic E-state index is 5.97. The standard InChI is InChI=1S/C24H38N4O3.HI/c1-6-25-23(26-21-19-9-14-31-22(19)24(21,2)3)28-12-10-27(11-13-28)16-17-15-18(29-4)7-8-20(17)30-5;/h7-8,15,19,21-22H,6,9-14,16H2,1-5H3,(H,25,26);1H. The fourth-order valence-corrected chi connectivity index (χ4v) is 5.51. The third kappa shape index (κ3) is 4.97. The topological polar surface area (TPSA) is 58.6 Å². The first-order chi connectivity index (χ1) is 15.0. The van der Waals surface area contributed by atoms with Gasteiger partial charge in [0.25, 0.3) is 0 Å². The van der Waals surface area contributed by atoms with E-state index in [4.69, 9.17) is 19.2 Å². The van der Waals surface area contributed by atoms with Crippen LogP contribution in [0.5, 0.6) is 11.5 Å². The van der Waals surface area contributed by atoms with Gasteiger partial charge in [0.15, 0.2) is 5.96 Å². The Balaban J connectivity index is 0.00000289. The second-order valence-corrected chi connectivity index (χ2v) is 9.43. The molecule has 32 heavy (non-hydrogen) atoms. The van der Waals surface area contributed by atoms with E-state index in [1.165, 1.54) is 5.56 Å². The van der Waals surface area contributed by atoms with Crippen LogP contribution in [0, 0.1) is 11.3 Å². The minimum absolute atomic E-state index is 0. The van der Waals surface area contributed by atoms with Gasteiger partial charge in [-0.1, -0.05) is 13.8 Å². The second kappa shape index (κ2) is 10.8. The van der Waals surface area contributed by atoms with Crippen molar-refractivity contribution in [2.75, 3.05) is 53.6 Å². The number of ether oxygens (including phenoxy) is 3. The molecule has 0 radical (unpaired) electrons. The van der Waals surface area contributed by atoms with Crippen LogP contribution in [0.3, 0.4) is 0 Å².